The summed E-state index contributed by atoms with van der Waals surface area (Å²) in [4.78, 5) is 16.2. The molecule has 2 rings (SSSR count). The first-order valence-corrected chi connectivity index (χ1v) is 6.98. The number of carbonyl (C=O) groups excluding carboxylic acids is 1. The molecule has 1 aromatic carbocycles. The first-order chi connectivity index (χ1) is 9.10. The third-order valence-electron chi connectivity index (χ3n) is 2.65. The van der Waals surface area contributed by atoms with Crippen LogP contribution in [0.2, 0.25) is 5.02 Å². The molecule has 0 aliphatic rings. The molecule has 0 aliphatic heterocycles. The lowest BCUT2D eigenvalue weighted by Gasteiger charge is -2.07. The van der Waals surface area contributed by atoms with Crippen molar-refractivity contribution in [1.82, 2.24) is 4.98 Å². The van der Waals surface area contributed by atoms with Gasteiger partial charge in [-0.05, 0) is 36.2 Å². The molecule has 1 heterocycles. The van der Waals surface area contributed by atoms with Crippen LogP contribution in [-0.4, -0.2) is 10.9 Å². The predicted molar refractivity (Wildman–Crippen MR) is 80.7 cm³/mol. The van der Waals surface area contributed by atoms with Crippen LogP contribution >= 0.6 is 27.5 Å². The van der Waals surface area contributed by atoms with Crippen LogP contribution in [0, 0.1) is 0 Å². The van der Waals surface area contributed by atoms with E-state index >= 15 is 0 Å². The molecule has 2 aromatic rings. The molecule has 1 amide bonds. The van der Waals surface area contributed by atoms with Gasteiger partial charge in [-0.1, -0.05) is 40.5 Å². The number of hydrogen-bond donors (Lipinski definition) is 1. The van der Waals surface area contributed by atoms with Crippen molar-refractivity contribution in [3.63, 3.8) is 0 Å². The van der Waals surface area contributed by atoms with Crippen molar-refractivity contribution in [3.8, 4) is 0 Å². The minimum atomic E-state index is -0.269. The van der Waals surface area contributed by atoms with E-state index < -0.39 is 0 Å². The summed E-state index contributed by atoms with van der Waals surface area (Å²) in [5.74, 6) is 0.246. The Hall–Kier alpha value is -1.39. The van der Waals surface area contributed by atoms with E-state index in [1.807, 2.05) is 6.07 Å². The number of nitrogens with one attached hydrogen (secondary N) is 1. The van der Waals surface area contributed by atoms with Crippen LogP contribution in [0.15, 0.2) is 41.0 Å². The summed E-state index contributed by atoms with van der Waals surface area (Å²) in [7, 11) is 0. The van der Waals surface area contributed by atoms with Crippen LogP contribution in [0.1, 0.15) is 22.8 Å². The fraction of sp³-hybridized carbons (Fsp3) is 0.143. The summed E-state index contributed by atoms with van der Waals surface area (Å²) in [6, 6.07) is 8.84. The van der Waals surface area contributed by atoms with Gasteiger partial charge in [0.15, 0.2) is 0 Å². The second kappa shape index (κ2) is 6.17. The van der Waals surface area contributed by atoms with Crippen LogP contribution < -0.4 is 5.32 Å². The smallest absolute Gasteiger partial charge is 0.258 e. The highest BCUT2D eigenvalue weighted by Gasteiger charge is 2.11. The highest BCUT2D eigenvalue weighted by Crippen LogP contribution is 2.22. The molecule has 98 valence electrons. The molecule has 0 spiro atoms. The van der Waals surface area contributed by atoms with Gasteiger partial charge in [-0.15, -0.1) is 0 Å². The third-order valence-corrected chi connectivity index (χ3v) is 3.46. The zero-order valence-electron chi connectivity index (χ0n) is 10.3. The summed E-state index contributed by atoms with van der Waals surface area (Å²) in [6.07, 6.45) is 2.67. The van der Waals surface area contributed by atoms with Crippen molar-refractivity contribution in [3.05, 3.63) is 57.2 Å². The van der Waals surface area contributed by atoms with Crippen LogP contribution in [0.4, 0.5) is 5.82 Å². The maximum atomic E-state index is 12.0. The Morgan fingerprint density at radius 1 is 1.37 bits per heavy atom. The number of anilines is 1. The second-order valence-electron chi connectivity index (χ2n) is 3.98. The van der Waals surface area contributed by atoms with E-state index in [4.69, 9.17) is 11.6 Å². The minimum absolute atomic E-state index is 0.269. The maximum absolute atomic E-state index is 12.0. The van der Waals surface area contributed by atoms with Gasteiger partial charge in [0.2, 0.25) is 0 Å². The lowest BCUT2D eigenvalue weighted by atomic mass is 10.2. The topological polar surface area (TPSA) is 42.0 Å². The summed E-state index contributed by atoms with van der Waals surface area (Å²) in [5, 5.41) is 3.12. The molecule has 0 unspecified atom stereocenters. The van der Waals surface area contributed by atoms with Gasteiger partial charge >= 0.3 is 0 Å². The molecular formula is C14H12BrClN2O. The molecule has 0 saturated carbocycles. The fourth-order valence-corrected chi connectivity index (χ4v) is 2.32. The molecule has 1 aromatic heterocycles. The standard InChI is InChI=1S/C14H12BrClN2O/c1-2-9-3-6-13(17-8-9)18-14(19)11-5-4-10(15)7-12(11)16/h3-8H,2H2,1H3,(H,17,18,19). The van der Waals surface area contributed by atoms with E-state index in [0.717, 1.165) is 16.5 Å². The number of aryl methyl sites for hydroxylation is 1. The lowest BCUT2D eigenvalue weighted by Crippen LogP contribution is -2.13. The van der Waals surface area contributed by atoms with Crippen molar-refractivity contribution < 1.29 is 4.79 Å². The molecule has 0 bridgehead atoms. The molecule has 0 saturated heterocycles. The zero-order valence-corrected chi connectivity index (χ0v) is 12.6. The normalized spacial score (nSPS) is 10.3. The van der Waals surface area contributed by atoms with Crippen molar-refractivity contribution in [2.24, 2.45) is 0 Å². The number of nitrogens with zero attached hydrogens (tertiary/aromatic N) is 1. The van der Waals surface area contributed by atoms with Gasteiger partial charge < -0.3 is 5.32 Å². The number of aromatic nitrogens is 1. The molecule has 0 atom stereocenters. The minimum Gasteiger partial charge on any atom is -0.307 e. The summed E-state index contributed by atoms with van der Waals surface area (Å²) < 4.78 is 0.833. The van der Waals surface area contributed by atoms with Gasteiger partial charge in [-0.2, -0.15) is 0 Å². The molecule has 19 heavy (non-hydrogen) atoms. The number of hydrogen-bond acceptors (Lipinski definition) is 2. The average molecular weight is 340 g/mol. The number of rotatable bonds is 3. The predicted octanol–water partition coefficient (Wildman–Crippen LogP) is 4.31. The van der Waals surface area contributed by atoms with Crippen LogP contribution in [0.3, 0.4) is 0 Å². The average Bonchev–Trinajstić information content (AvgIpc) is 2.39. The van der Waals surface area contributed by atoms with E-state index in [1.165, 1.54) is 0 Å². The Labute approximate surface area is 125 Å². The molecule has 3 nitrogen and oxygen atoms in total. The Bertz CT molecular complexity index is 599. The Morgan fingerprint density at radius 3 is 2.74 bits per heavy atom. The first-order valence-electron chi connectivity index (χ1n) is 5.81. The van der Waals surface area contributed by atoms with Gasteiger partial charge in [-0.3, -0.25) is 4.79 Å². The highest BCUT2D eigenvalue weighted by molar-refractivity contribution is 9.10. The maximum Gasteiger partial charge on any atom is 0.258 e. The van der Waals surface area contributed by atoms with E-state index in [9.17, 15) is 4.79 Å². The molecular weight excluding hydrogens is 328 g/mol. The Morgan fingerprint density at radius 2 is 2.16 bits per heavy atom. The zero-order chi connectivity index (χ0) is 13.8. The van der Waals surface area contributed by atoms with Crippen LogP contribution in [0.5, 0.6) is 0 Å². The van der Waals surface area contributed by atoms with Gasteiger partial charge in [0, 0.05) is 10.7 Å². The van der Waals surface area contributed by atoms with Gasteiger partial charge in [-0.25, -0.2) is 4.98 Å². The Balaban J connectivity index is 2.15. The fourth-order valence-electron chi connectivity index (χ4n) is 1.56. The number of halogens is 2. The lowest BCUT2D eigenvalue weighted by molar-refractivity contribution is 0.102. The van der Waals surface area contributed by atoms with Crippen molar-refractivity contribution in [2.75, 3.05) is 5.32 Å². The number of amides is 1. The number of benzene rings is 1. The molecule has 0 fully saturated rings. The molecule has 0 radical (unpaired) electrons. The quantitative estimate of drug-likeness (QED) is 0.905. The highest BCUT2D eigenvalue weighted by atomic mass is 79.9. The van der Waals surface area contributed by atoms with E-state index in [1.54, 1.807) is 30.5 Å². The SMILES string of the molecule is CCc1ccc(NC(=O)c2ccc(Br)cc2Cl)nc1. The van der Waals surface area contributed by atoms with Gasteiger partial charge in [0.1, 0.15) is 5.82 Å². The number of pyridine rings is 1. The van der Waals surface area contributed by atoms with Gasteiger partial charge in [0.05, 0.1) is 10.6 Å². The first kappa shape index (κ1) is 14.0. The largest absolute Gasteiger partial charge is 0.307 e. The van der Waals surface area contributed by atoms with E-state index in [2.05, 4.69) is 33.2 Å². The monoisotopic (exact) mass is 338 g/mol. The summed E-state index contributed by atoms with van der Waals surface area (Å²) in [6.45, 7) is 2.05. The van der Waals surface area contributed by atoms with Crippen molar-refractivity contribution in [2.45, 2.75) is 13.3 Å². The summed E-state index contributed by atoms with van der Waals surface area (Å²) in [5.41, 5.74) is 1.55. The molecule has 1 N–H and O–H groups in total. The van der Waals surface area contributed by atoms with E-state index in [-0.39, 0.29) is 5.91 Å². The van der Waals surface area contributed by atoms with Crippen LogP contribution in [-0.2, 0) is 6.42 Å². The second-order valence-corrected chi connectivity index (χ2v) is 5.31. The molecule has 5 heteroatoms. The number of carbonyl (C=O) groups is 1. The van der Waals surface area contributed by atoms with Crippen molar-refractivity contribution in [1.29, 1.82) is 0 Å². The van der Waals surface area contributed by atoms with E-state index in [0.29, 0.717) is 16.4 Å². The van der Waals surface area contributed by atoms with Crippen molar-refractivity contribution >= 4 is 39.3 Å². The summed E-state index contributed by atoms with van der Waals surface area (Å²) >= 11 is 9.33. The van der Waals surface area contributed by atoms with Gasteiger partial charge in [0.25, 0.3) is 5.91 Å². The molecule has 0 aliphatic carbocycles. The third kappa shape index (κ3) is 3.55. The Kier molecular flexibility index (Phi) is 4.56. The van der Waals surface area contributed by atoms with Crippen LogP contribution in [0.25, 0.3) is 0 Å².